The molecule has 0 aliphatic heterocycles. The predicted octanol–water partition coefficient (Wildman–Crippen LogP) is 1.28. The van der Waals surface area contributed by atoms with Crippen molar-refractivity contribution in [2.24, 2.45) is 0 Å². The van der Waals surface area contributed by atoms with Gasteiger partial charge in [-0.2, -0.15) is 0 Å². The highest BCUT2D eigenvalue weighted by atomic mass is 35.5. The number of alkyl halides is 2. The van der Waals surface area contributed by atoms with Crippen LogP contribution in [0, 0.1) is 0 Å². The Morgan fingerprint density at radius 1 is 1.53 bits per heavy atom. The Bertz CT molecular complexity index is 427. The van der Waals surface area contributed by atoms with Gasteiger partial charge in [-0.3, -0.25) is 4.79 Å². The summed E-state index contributed by atoms with van der Waals surface area (Å²) in [5.74, 6) is -4.13. The molecule has 0 aliphatic rings. The number of nitrogen functional groups attached to an aromatic ring is 1. The van der Waals surface area contributed by atoms with Crippen molar-refractivity contribution in [1.82, 2.24) is 5.32 Å². The van der Waals surface area contributed by atoms with Gasteiger partial charge in [0, 0.05) is 0 Å². The van der Waals surface area contributed by atoms with Gasteiger partial charge in [0.25, 0.3) is 11.8 Å². The zero-order valence-electron chi connectivity index (χ0n) is 8.71. The number of carbonyl (C=O) groups excluding carboxylic acids is 1. The lowest BCUT2D eigenvalue weighted by atomic mass is 10.2. The van der Waals surface area contributed by atoms with Crippen molar-refractivity contribution in [2.45, 2.75) is 5.92 Å². The van der Waals surface area contributed by atoms with Crippen LogP contribution in [0.5, 0.6) is 0 Å². The van der Waals surface area contributed by atoms with Crippen LogP contribution in [0.25, 0.3) is 0 Å². The summed E-state index contributed by atoms with van der Waals surface area (Å²) in [5.41, 5.74) is 5.67. The molecule has 0 fully saturated rings. The van der Waals surface area contributed by atoms with E-state index in [9.17, 15) is 13.6 Å². The van der Waals surface area contributed by atoms with Crippen LogP contribution >= 0.6 is 11.6 Å². The van der Waals surface area contributed by atoms with Crippen LogP contribution in [0.4, 0.5) is 14.5 Å². The fourth-order valence-corrected chi connectivity index (χ4v) is 1.30. The minimum Gasteiger partial charge on any atom is -0.398 e. The molecule has 94 valence electrons. The lowest BCUT2D eigenvalue weighted by Crippen LogP contribution is -2.39. The van der Waals surface area contributed by atoms with Crippen LogP contribution < -0.4 is 11.1 Å². The fraction of sp³-hybridized carbons (Fsp3) is 0.300. The average molecular weight is 265 g/mol. The number of halogens is 3. The summed E-state index contributed by atoms with van der Waals surface area (Å²) in [7, 11) is 0. The molecule has 1 aromatic rings. The van der Waals surface area contributed by atoms with Crippen molar-refractivity contribution in [3.8, 4) is 0 Å². The SMILES string of the molecule is Nc1cccc(C(=O)NCC(F)(F)CO)c1Cl. The monoisotopic (exact) mass is 264 g/mol. The first-order valence-corrected chi connectivity index (χ1v) is 5.06. The molecule has 0 heterocycles. The van der Waals surface area contributed by atoms with Gasteiger partial charge in [0.1, 0.15) is 6.61 Å². The number of carbonyl (C=O) groups is 1. The number of amides is 1. The zero-order valence-corrected chi connectivity index (χ0v) is 9.47. The number of hydrogen-bond donors (Lipinski definition) is 3. The Hall–Kier alpha value is -1.40. The number of benzene rings is 1. The second-order valence-electron chi connectivity index (χ2n) is 3.41. The van der Waals surface area contributed by atoms with Crippen LogP contribution in [0.3, 0.4) is 0 Å². The molecule has 1 amide bonds. The van der Waals surface area contributed by atoms with Crippen LogP contribution in [-0.4, -0.2) is 30.1 Å². The van der Waals surface area contributed by atoms with E-state index in [1.165, 1.54) is 18.2 Å². The molecule has 0 bridgehead atoms. The molecule has 0 aliphatic carbocycles. The fourth-order valence-electron chi connectivity index (χ4n) is 1.09. The van der Waals surface area contributed by atoms with Crippen LogP contribution in [0.15, 0.2) is 18.2 Å². The van der Waals surface area contributed by atoms with Gasteiger partial charge in [0.15, 0.2) is 0 Å². The third kappa shape index (κ3) is 3.54. The smallest absolute Gasteiger partial charge is 0.287 e. The maximum absolute atomic E-state index is 12.7. The molecule has 0 unspecified atom stereocenters. The van der Waals surface area contributed by atoms with Gasteiger partial charge < -0.3 is 16.2 Å². The molecular weight excluding hydrogens is 254 g/mol. The highest BCUT2D eigenvalue weighted by Gasteiger charge is 2.28. The Balaban J connectivity index is 2.74. The summed E-state index contributed by atoms with van der Waals surface area (Å²) >= 11 is 5.75. The Kier molecular flexibility index (Phi) is 4.25. The third-order valence-corrected chi connectivity index (χ3v) is 2.43. The number of aliphatic hydroxyl groups excluding tert-OH is 1. The van der Waals surface area contributed by atoms with E-state index in [0.717, 1.165) is 0 Å². The van der Waals surface area contributed by atoms with Crippen LogP contribution in [0.2, 0.25) is 5.02 Å². The topological polar surface area (TPSA) is 75.4 Å². The molecule has 0 saturated carbocycles. The summed E-state index contributed by atoms with van der Waals surface area (Å²) in [4.78, 5) is 11.5. The van der Waals surface area contributed by atoms with Crippen molar-refractivity contribution in [3.63, 3.8) is 0 Å². The van der Waals surface area contributed by atoms with E-state index in [0.29, 0.717) is 0 Å². The third-order valence-electron chi connectivity index (χ3n) is 2.01. The number of anilines is 1. The van der Waals surface area contributed by atoms with E-state index >= 15 is 0 Å². The van der Waals surface area contributed by atoms with Crippen LogP contribution in [0.1, 0.15) is 10.4 Å². The van der Waals surface area contributed by atoms with Crippen molar-refractivity contribution in [2.75, 3.05) is 18.9 Å². The van der Waals surface area contributed by atoms with Gasteiger partial charge in [-0.15, -0.1) is 0 Å². The van der Waals surface area contributed by atoms with Gasteiger partial charge >= 0.3 is 0 Å². The molecule has 0 saturated heterocycles. The lowest BCUT2D eigenvalue weighted by Gasteiger charge is -2.14. The van der Waals surface area contributed by atoms with Crippen molar-refractivity contribution in [1.29, 1.82) is 0 Å². The average Bonchev–Trinajstić information content (AvgIpc) is 2.30. The van der Waals surface area contributed by atoms with Crippen molar-refractivity contribution < 1.29 is 18.7 Å². The Morgan fingerprint density at radius 3 is 2.76 bits per heavy atom. The molecule has 0 spiro atoms. The molecule has 1 rings (SSSR count). The van der Waals surface area contributed by atoms with Gasteiger partial charge in [-0.25, -0.2) is 8.78 Å². The molecule has 0 atom stereocenters. The number of aliphatic hydroxyl groups is 1. The van der Waals surface area contributed by atoms with Crippen LogP contribution in [-0.2, 0) is 0 Å². The highest BCUT2D eigenvalue weighted by molar-refractivity contribution is 6.36. The van der Waals surface area contributed by atoms with E-state index in [1.54, 1.807) is 0 Å². The molecule has 4 N–H and O–H groups in total. The highest BCUT2D eigenvalue weighted by Crippen LogP contribution is 2.23. The van der Waals surface area contributed by atoms with Crippen molar-refractivity contribution >= 4 is 23.2 Å². The van der Waals surface area contributed by atoms with E-state index < -0.39 is 25.0 Å². The quantitative estimate of drug-likeness (QED) is 0.717. The molecule has 7 heteroatoms. The summed E-state index contributed by atoms with van der Waals surface area (Å²) in [6, 6.07) is 4.34. The number of hydrogen-bond acceptors (Lipinski definition) is 3. The molecule has 0 aromatic heterocycles. The maximum atomic E-state index is 12.7. The number of nitrogens with two attached hydrogens (primary N) is 1. The largest absolute Gasteiger partial charge is 0.398 e. The predicted molar refractivity (Wildman–Crippen MR) is 60.2 cm³/mol. The summed E-state index contributed by atoms with van der Waals surface area (Å²) < 4.78 is 25.4. The molecule has 0 radical (unpaired) electrons. The second-order valence-corrected chi connectivity index (χ2v) is 3.78. The molecular formula is C10H11ClF2N2O2. The summed E-state index contributed by atoms with van der Waals surface area (Å²) in [5, 5.41) is 10.3. The second kappa shape index (κ2) is 5.29. The van der Waals surface area contributed by atoms with E-state index in [2.05, 4.69) is 0 Å². The number of nitrogens with one attached hydrogen (secondary N) is 1. The Morgan fingerprint density at radius 2 is 2.18 bits per heavy atom. The zero-order chi connectivity index (χ0) is 13.1. The minimum atomic E-state index is -3.36. The van der Waals surface area contributed by atoms with Crippen molar-refractivity contribution in [3.05, 3.63) is 28.8 Å². The first-order valence-electron chi connectivity index (χ1n) is 4.68. The van der Waals surface area contributed by atoms with Gasteiger partial charge in [0.2, 0.25) is 0 Å². The minimum absolute atomic E-state index is 0.0114. The van der Waals surface area contributed by atoms with E-state index in [-0.39, 0.29) is 16.3 Å². The molecule has 4 nitrogen and oxygen atoms in total. The van der Waals surface area contributed by atoms with E-state index in [1.807, 2.05) is 5.32 Å². The summed E-state index contributed by atoms with van der Waals surface area (Å²) in [6.45, 7) is -2.30. The standard InChI is InChI=1S/C10H11ClF2N2O2/c11-8-6(2-1-3-7(8)14)9(17)15-4-10(12,13)5-16/h1-3,16H,4-5,14H2,(H,15,17). The van der Waals surface area contributed by atoms with Gasteiger partial charge in [0.05, 0.1) is 22.8 Å². The lowest BCUT2D eigenvalue weighted by molar-refractivity contribution is -0.0462. The Labute approximate surface area is 101 Å². The molecule has 17 heavy (non-hydrogen) atoms. The first-order chi connectivity index (χ1) is 7.87. The first kappa shape index (κ1) is 13.7. The number of rotatable bonds is 4. The van der Waals surface area contributed by atoms with Gasteiger partial charge in [-0.1, -0.05) is 17.7 Å². The summed E-state index contributed by atoms with van der Waals surface area (Å²) in [6.07, 6.45) is 0. The normalized spacial score (nSPS) is 11.3. The molecule has 1 aromatic carbocycles. The van der Waals surface area contributed by atoms with E-state index in [4.69, 9.17) is 22.4 Å². The maximum Gasteiger partial charge on any atom is 0.287 e. The van der Waals surface area contributed by atoms with Gasteiger partial charge in [-0.05, 0) is 12.1 Å².